The summed E-state index contributed by atoms with van der Waals surface area (Å²) in [5.74, 6) is 0. The van der Waals surface area contributed by atoms with Gasteiger partial charge in [-0.2, -0.15) is 0 Å². The first-order chi connectivity index (χ1) is 8.25. The molecular weight excluding hydrogens is 274 g/mol. The van der Waals surface area contributed by atoms with Gasteiger partial charge in [-0.25, -0.2) is 0 Å². The van der Waals surface area contributed by atoms with Crippen molar-refractivity contribution in [3.05, 3.63) is 59.2 Å². The van der Waals surface area contributed by atoms with Gasteiger partial charge in [-0.05, 0) is 23.8 Å². The van der Waals surface area contributed by atoms with E-state index in [9.17, 15) is 0 Å². The van der Waals surface area contributed by atoms with E-state index in [1.807, 2.05) is 0 Å². The first kappa shape index (κ1) is 10.6. The van der Waals surface area contributed by atoms with E-state index in [0.29, 0.717) is 0 Å². The van der Waals surface area contributed by atoms with Crippen LogP contribution in [0.15, 0.2) is 59.2 Å². The zero-order valence-electron chi connectivity index (χ0n) is 9.52. The summed E-state index contributed by atoms with van der Waals surface area (Å²) < 4.78 is 3.29. The van der Waals surface area contributed by atoms with Crippen LogP contribution in [0.1, 0.15) is 0 Å². The molecule has 0 saturated carbocycles. The van der Waals surface area contributed by atoms with Crippen LogP contribution in [0.4, 0.5) is 0 Å². The first-order valence-electron chi connectivity index (χ1n) is 5.56. The number of benzene rings is 2. The number of nitrogens with zero attached hydrogens (tertiary/aromatic N) is 1. The normalized spacial score (nSPS) is 10.9. The zero-order chi connectivity index (χ0) is 11.8. The molecule has 0 bridgehead atoms. The summed E-state index contributed by atoms with van der Waals surface area (Å²) in [4.78, 5) is 0. The lowest BCUT2D eigenvalue weighted by molar-refractivity contribution is 0.970. The third-order valence-corrected chi connectivity index (χ3v) is 3.53. The van der Waals surface area contributed by atoms with E-state index >= 15 is 0 Å². The number of halogens is 1. The summed E-state index contributed by atoms with van der Waals surface area (Å²) in [5, 5.41) is 1.30. The quantitative estimate of drug-likeness (QED) is 0.615. The molecule has 17 heavy (non-hydrogen) atoms. The van der Waals surface area contributed by atoms with E-state index in [1.54, 1.807) is 0 Å². The molecule has 0 saturated heterocycles. The van der Waals surface area contributed by atoms with Gasteiger partial charge in [0.15, 0.2) is 0 Å². The molecule has 0 aliphatic heterocycles. The SMILES string of the molecule is Cn1cc(-c2cccc(Br)c2)c2ccccc21. The second-order valence-corrected chi connectivity index (χ2v) is 5.10. The number of rotatable bonds is 1. The Labute approximate surface area is 109 Å². The molecule has 0 spiro atoms. The molecule has 1 aromatic heterocycles. The van der Waals surface area contributed by atoms with Gasteiger partial charge in [0, 0.05) is 34.2 Å². The predicted octanol–water partition coefficient (Wildman–Crippen LogP) is 4.61. The lowest BCUT2D eigenvalue weighted by atomic mass is 10.1. The van der Waals surface area contributed by atoms with Crippen molar-refractivity contribution >= 4 is 26.8 Å². The monoisotopic (exact) mass is 285 g/mol. The predicted molar refractivity (Wildman–Crippen MR) is 76.1 cm³/mol. The fraction of sp³-hybridized carbons (Fsp3) is 0.0667. The minimum atomic E-state index is 1.11. The van der Waals surface area contributed by atoms with Gasteiger partial charge in [-0.15, -0.1) is 0 Å². The van der Waals surface area contributed by atoms with Crippen LogP contribution in [-0.2, 0) is 7.05 Å². The van der Waals surface area contributed by atoms with Gasteiger partial charge in [-0.3, -0.25) is 0 Å². The maximum absolute atomic E-state index is 3.52. The Bertz CT molecular complexity index is 682. The molecule has 0 atom stereocenters. The van der Waals surface area contributed by atoms with Gasteiger partial charge in [0.1, 0.15) is 0 Å². The average Bonchev–Trinajstić information content (AvgIpc) is 2.68. The molecule has 2 heteroatoms. The van der Waals surface area contributed by atoms with Gasteiger partial charge in [0.2, 0.25) is 0 Å². The highest BCUT2D eigenvalue weighted by Gasteiger charge is 2.07. The molecule has 1 heterocycles. The third kappa shape index (κ3) is 1.79. The van der Waals surface area contributed by atoms with Crippen LogP contribution >= 0.6 is 15.9 Å². The largest absolute Gasteiger partial charge is 0.350 e. The van der Waals surface area contributed by atoms with E-state index in [4.69, 9.17) is 0 Å². The number of aryl methyl sites for hydroxylation is 1. The second-order valence-electron chi connectivity index (χ2n) is 4.18. The molecule has 0 aliphatic carbocycles. The Kier molecular flexibility index (Phi) is 2.52. The summed E-state index contributed by atoms with van der Waals surface area (Å²) in [6.07, 6.45) is 2.19. The van der Waals surface area contributed by atoms with Gasteiger partial charge in [0.05, 0.1) is 0 Å². The lowest BCUT2D eigenvalue weighted by Gasteiger charge is -2.00. The molecule has 0 unspecified atom stereocenters. The van der Waals surface area contributed by atoms with Crippen LogP contribution in [0.3, 0.4) is 0 Å². The van der Waals surface area contributed by atoms with E-state index < -0.39 is 0 Å². The lowest BCUT2D eigenvalue weighted by Crippen LogP contribution is -1.81. The van der Waals surface area contributed by atoms with E-state index in [2.05, 4.69) is 82.3 Å². The maximum Gasteiger partial charge on any atom is 0.0484 e. The number of para-hydroxylation sites is 1. The van der Waals surface area contributed by atoms with E-state index in [0.717, 1.165) is 4.47 Å². The van der Waals surface area contributed by atoms with Crippen LogP contribution in [0.25, 0.3) is 22.0 Å². The number of hydrogen-bond donors (Lipinski definition) is 0. The highest BCUT2D eigenvalue weighted by Crippen LogP contribution is 2.31. The van der Waals surface area contributed by atoms with Gasteiger partial charge >= 0.3 is 0 Å². The van der Waals surface area contributed by atoms with Crippen molar-refractivity contribution in [3.8, 4) is 11.1 Å². The highest BCUT2D eigenvalue weighted by molar-refractivity contribution is 9.10. The summed E-state index contributed by atoms with van der Waals surface area (Å²) in [5.41, 5.74) is 3.79. The van der Waals surface area contributed by atoms with Gasteiger partial charge in [0.25, 0.3) is 0 Å². The van der Waals surface area contributed by atoms with Crippen molar-refractivity contribution in [1.29, 1.82) is 0 Å². The van der Waals surface area contributed by atoms with E-state index in [-0.39, 0.29) is 0 Å². The van der Waals surface area contributed by atoms with Gasteiger partial charge in [-0.1, -0.05) is 46.3 Å². The van der Waals surface area contributed by atoms with Gasteiger partial charge < -0.3 is 4.57 Å². The van der Waals surface area contributed by atoms with Crippen LogP contribution in [0.5, 0.6) is 0 Å². The topological polar surface area (TPSA) is 4.93 Å². The van der Waals surface area contributed by atoms with Crippen molar-refractivity contribution in [1.82, 2.24) is 4.57 Å². The fourth-order valence-corrected chi connectivity index (χ4v) is 2.63. The van der Waals surface area contributed by atoms with Crippen molar-refractivity contribution < 1.29 is 0 Å². The minimum absolute atomic E-state index is 1.11. The summed E-state index contributed by atoms with van der Waals surface area (Å²) in [6, 6.07) is 16.9. The van der Waals surface area contributed by atoms with Crippen LogP contribution in [0, 0.1) is 0 Å². The van der Waals surface area contributed by atoms with Crippen LogP contribution in [-0.4, -0.2) is 4.57 Å². The molecule has 0 radical (unpaired) electrons. The summed E-state index contributed by atoms with van der Waals surface area (Å²) in [7, 11) is 2.09. The summed E-state index contributed by atoms with van der Waals surface area (Å²) >= 11 is 3.52. The Morgan fingerprint density at radius 2 is 1.82 bits per heavy atom. The first-order valence-corrected chi connectivity index (χ1v) is 6.35. The molecule has 0 N–H and O–H groups in total. The highest BCUT2D eigenvalue weighted by atomic mass is 79.9. The van der Waals surface area contributed by atoms with Crippen LogP contribution in [0.2, 0.25) is 0 Å². The molecule has 84 valence electrons. The molecular formula is C15H12BrN. The smallest absolute Gasteiger partial charge is 0.0484 e. The fourth-order valence-electron chi connectivity index (χ4n) is 2.23. The Morgan fingerprint density at radius 3 is 2.65 bits per heavy atom. The second kappa shape index (κ2) is 4.04. The van der Waals surface area contributed by atoms with Crippen molar-refractivity contribution in [2.24, 2.45) is 7.05 Å². The van der Waals surface area contributed by atoms with Crippen molar-refractivity contribution in [2.75, 3.05) is 0 Å². The molecule has 2 aromatic carbocycles. The van der Waals surface area contributed by atoms with Crippen LogP contribution < -0.4 is 0 Å². The Hall–Kier alpha value is -1.54. The molecule has 0 amide bonds. The average molecular weight is 286 g/mol. The van der Waals surface area contributed by atoms with Crippen molar-refractivity contribution in [3.63, 3.8) is 0 Å². The standard InChI is InChI=1S/C15H12BrN/c1-17-10-14(11-5-4-6-12(16)9-11)13-7-2-3-8-15(13)17/h2-10H,1H3. The minimum Gasteiger partial charge on any atom is -0.350 e. The Balaban J connectivity index is 2.31. The number of aromatic nitrogens is 1. The number of fused-ring (bicyclic) bond motifs is 1. The molecule has 0 fully saturated rings. The van der Waals surface area contributed by atoms with E-state index in [1.165, 1.54) is 22.0 Å². The molecule has 3 aromatic rings. The number of hydrogen-bond acceptors (Lipinski definition) is 0. The maximum atomic E-state index is 3.52. The molecule has 1 nitrogen and oxygen atoms in total. The third-order valence-electron chi connectivity index (χ3n) is 3.03. The Morgan fingerprint density at radius 1 is 1.00 bits per heavy atom. The van der Waals surface area contributed by atoms with Crippen molar-refractivity contribution in [2.45, 2.75) is 0 Å². The summed E-state index contributed by atoms with van der Waals surface area (Å²) in [6.45, 7) is 0. The molecule has 0 aliphatic rings. The molecule has 3 rings (SSSR count). The zero-order valence-corrected chi connectivity index (χ0v) is 11.1.